The quantitative estimate of drug-likeness (QED) is 0.348. The molecule has 7 nitrogen and oxygen atoms in total. The summed E-state index contributed by atoms with van der Waals surface area (Å²) in [5.74, 6) is 2.12. The van der Waals surface area contributed by atoms with Gasteiger partial charge in [0, 0.05) is 34.1 Å². The van der Waals surface area contributed by atoms with Crippen LogP contribution in [0.5, 0.6) is 11.5 Å². The van der Waals surface area contributed by atoms with Gasteiger partial charge in [0.05, 0.1) is 13.7 Å². The molecule has 0 fully saturated rings. The summed E-state index contributed by atoms with van der Waals surface area (Å²) in [4.78, 5) is 17.2. The van der Waals surface area contributed by atoms with Gasteiger partial charge in [0.15, 0.2) is 17.5 Å². The number of aliphatic imine (C=N–C) groups is 1. The molecular weight excluding hydrogens is 435 g/mol. The third kappa shape index (κ3) is 8.80. The summed E-state index contributed by atoms with van der Waals surface area (Å²) in [5, 5.41) is 6.29. The molecular formula is C17H29IN4O3. The molecule has 1 atom stereocenters. The minimum Gasteiger partial charge on any atom is -0.493 e. The fourth-order valence-electron chi connectivity index (χ4n) is 1.95. The van der Waals surface area contributed by atoms with Crippen LogP contribution in [0.2, 0.25) is 0 Å². The number of hydrogen-bond acceptors (Lipinski definition) is 4. The van der Waals surface area contributed by atoms with Gasteiger partial charge in [-0.1, -0.05) is 12.1 Å². The molecule has 1 amide bonds. The number of methoxy groups -OCH3 is 1. The second kappa shape index (κ2) is 12.6. The van der Waals surface area contributed by atoms with Crippen LogP contribution < -0.4 is 20.1 Å². The molecule has 142 valence electrons. The fourth-order valence-corrected chi connectivity index (χ4v) is 1.95. The molecule has 0 radical (unpaired) electrons. The van der Waals surface area contributed by atoms with E-state index in [2.05, 4.69) is 15.6 Å². The first-order valence-electron chi connectivity index (χ1n) is 7.92. The Balaban J connectivity index is 0.00000576. The molecule has 0 aliphatic carbocycles. The molecule has 0 aromatic heterocycles. The van der Waals surface area contributed by atoms with E-state index in [0.717, 1.165) is 0 Å². The number of halogens is 1. The van der Waals surface area contributed by atoms with Crippen LogP contribution in [0.3, 0.4) is 0 Å². The first-order valence-corrected chi connectivity index (χ1v) is 7.92. The maximum absolute atomic E-state index is 11.5. The molecule has 1 aromatic rings. The summed E-state index contributed by atoms with van der Waals surface area (Å²) in [7, 11) is 6.79. The van der Waals surface area contributed by atoms with Crippen LogP contribution in [0.4, 0.5) is 0 Å². The number of hydrogen-bond donors (Lipinski definition) is 2. The van der Waals surface area contributed by atoms with Gasteiger partial charge < -0.3 is 25.0 Å². The van der Waals surface area contributed by atoms with Gasteiger partial charge >= 0.3 is 0 Å². The number of guanidine groups is 1. The zero-order chi connectivity index (χ0) is 17.9. The molecule has 0 saturated carbocycles. The maximum atomic E-state index is 11.5. The number of nitrogens with zero attached hydrogens (tertiary/aromatic N) is 2. The lowest BCUT2D eigenvalue weighted by Crippen LogP contribution is -2.42. The zero-order valence-electron chi connectivity index (χ0n) is 15.5. The molecule has 0 spiro atoms. The Morgan fingerprint density at radius 2 is 1.88 bits per heavy atom. The summed E-state index contributed by atoms with van der Waals surface area (Å²) in [5.41, 5.74) is 0. The van der Waals surface area contributed by atoms with Crippen molar-refractivity contribution in [3.63, 3.8) is 0 Å². The highest BCUT2D eigenvalue weighted by Gasteiger charge is 2.10. The Labute approximate surface area is 167 Å². The van der Waals surface area contributed by atoms with Gasteiger partial charge in [-0.15, -0.1) is 24.0 Å². The van der Waals surface area contributed by atoms with Gasteiger partial charge in [-0.3, -0.25) is 9.79 Å². The van der Waals surface area contributed by atoms with Gasteiger partial charge in [0.1, 0.15) is 6.10 Å². The summed E-state index contributed by atoms with van der Waals surface area (Å²) in [6.45, 7) is 3.06. The van der Waals surface area contributed by atoms with Crippen molar-refractivity contribution in [1.29, 1.82) is 0 Å². The third-order valence-corrected chi connectivity index (χ3v) is 3.31. The SMILES string of the molecule is CN=C(NCCC(=O)N(C)C)NCC(C)Oc1ccccc1OC.I. The zero-order valence-corrected chi connectivity index (χ0v) is 17.9. The van der Waals surface area contributed by atoms with Gasteiger partial charge in [0.25, 0.3) is 0 Å². The normalized spacial score (nSPS) is 11.8. The number of carbonyl (C=O) groups is 1. The van der Waals surface area contributed by atoms with E-state index in [1.54, 1.807) is 33.2 Å². The number of carbonyl (C=O) groups excluding carboxylic acids is 1. The molecule has 1 unspecified atom stereocenters. The monoisotopic (exact) mass is 464 g/mol. The molecule has 0 aliphatic rings. The summed E-state index contributed by atoms with van der Waals surface area (Å²) in [6, 6.07) is 7.53. The lowest BCUT2D eigenvalue weighted by Gasteiger charge is -2.19. The summed E-state index contributed by atoms with van der Waals surface area (Å²) < 4.78 is 11.1. The number of para-hydroxylation sites is 2. The smallest absolute Gasteiger partial charge is 0.223 e. The fraction of sp³-hybridized carbons (Fsp3) is 0.529. The summed E-state index contributed by atoms with van der Waals surface area (Å²) >= 11 is 0. The van der Waals surface area contributed by atoms with Crippen LogP contribution >= 0.6 is 24.0 Å². The standard InChI is InChI=1S/C17H28N4O3.HI/c1-13(24-15-9-7-6-8-14(15)23-5)12-20-17(18-2)19-11-10-16(22)21(3)4;/h6-9,13H,10-12H2,1-5H3,(H2,18,19,20);1H. The highest BCUT2D eigenvalue weighted by molar-refractivity contribution is 14.0. The largest absolute Gasteiger partial charge is 0.493 e. The predicted octanol–water partition coefficient (Wildman–Crippen LogP) is 1.72. The molecule has 1 aromatic carbocycles. The maximum Gasteiger partial charge on any atom is 0.223 e. The topological polar surface area (TPSA) is 75.2 Å². The number of rotatable bonds is 8. The molecule has 0 saturated heterocycles. The molecule has 0 bridgehead atoms. The Kier molecular flexibility index (Phi) is 11.8. The second-order valence-corrected chi connectivity index (χ2v) is 5.50. The first kappa shape index (κ1) is 23.3. The van der Waals surface area contributed by atoms with E-state index in [9.17, 15) is 4.79 Å². The first-order chi connectivity index (χ1) is 11.5. The van der Waals surface area contributed by atoms with Gasteiger partial charge in [-0.25, -0.2) is 0 Å². The van der Waals surface area contributed by atoms with Gasteiger partial charge in [0.2, 0.25) is 5.91 Å². The van der Waals surface area contributed by atoms with Crippen molar-refractivity contribution in [3.05, 3.63) is 24.3 Å². The predicted molar refractivity (Wildman–Crippen MR) is 111 cm³/mol. The molecule has 8 heteroatoms. The minimum absolute atomic E-state index is 0. The lowest BCUT2D eigenvalue weighted by atomic mass is 10.3. The van der Waals surface area contributed by atoms with E-state index in [-0.39, 0.29) is 36.0 Å². The van der Waals surface area contributed by atoms with E-state index < -0.39 is 0 Å². The van der Waals surface area contributed by atoms with Crippen molar-refractivity contribution in [2.45, 2.75) is 19.4 Å². The van der Waals surface area contributed by atoms with Gasteiger partial charge in [-0.05, 0) is 19.1 Å². The van der Waals surface area contributed by atoms with Crippen molar-refractivity contribution in [2.24, 2.45) is 4.99 Å². The Morgan fingerprint density at radius 3 is 2.44 bits per heavy atom. The average molecular weight is 464 g/mol. The number of benzene rings is 1. The molecule has 0 aliphatic heterocycles. The van der Waals surface area contributed by atoms with E-state index >= 15 is 0 Å². The Morgan fingerprint density at radius 1 is 1.24 bits per heavy atom. The van der Waals surface area contributed by atoms with E-state index in [0.29, 0.717) is 37.0 Å². The number of nitrogens with one attached hydrogen (secondary N) is 2. The van der Waals surface area contributed by atoms with Crippen molar-refractivity contribution < 1.29 is 14.3 Å². The van der Waals surface area contributed by atoms with Crippen molar-refractivity contribution in [3.8, 4) is 11.5 Å². The minimum atomic E-state index is -0.0803. The van der Waals surface area contributed by atoms with Crippen LogP contribution in [-0.4, -0.2) is 64.2 Å². The second-order valence-electron chi connectivity index (χ2n) is 5.50. The van der Waals surface area contributed by atoms with Crippen LogP contribution in [-0.2, 0) is 4.79 Å². The van der Waals surface area contributed by atoms with Crippen LogP contribution in [0.15, 0.2) is 29.3 Å². The molecule has 2 N–H and O–H groups in total. The van der Waals surface area contributed by atoms with Crippen molar-refractivity contribution in [2.75, 3.05) is 41.3 Å². The van der Waals surface area contributed by atoms with Crippen LogP contribution in [0, 0.1) is 0 Å². The van der Waals surface area contributed by atoms with Crippen LogP contribution in [0.25, 0.3) is 0 Å². The third-order valence-electron chi connectivity index (χ3n) is 3.31. The van der Waals surface area contributed by atoms with E-state index in [1.807, 2.05) is 31.2 Å². The number of ether oxygens (including phenoxy) is 2. The molecule has 1 rings (SSSR count). The lowest BCUT2D eigenvalue weighted by molar-refractivity contribution is -0.128. The molecule has 0 heterocycles. The summed E-state index contributed by atoms with van der Waals surface area (Å²) in [6.07, 6.45) is 0.337. The van der Waals surface area contributed by atoms with E-state index in [4.69, 9.17) is 9.47 Å². The average Bonchev–Trinajstić information content (AvgIpc) is 2.58. The molecule has 25 heavy (non-hydrogen) atoms. The van der Waals surface area contributed by atoms with Crippen molar-refractivity contribution in [1.82, 2.24) is 15.5 Å². The van der Waals surface area contributed by atoms with E-state index in [1.165, 1.54) is 0 Å². The Bertz CT molecular complexity index is 552. The van der Waals surface area contributed by atoms with Gasteiger partial charge in [-0.2, -0.15) is 0 Å². The highest BCUT2D eigenvalue weighted by Crippen LogP contribution is 2.26. The van der Waals surface area contributed by atoms with Crippen LogP contribution in [0.1, 0.15) is 13.3 Å². The Hall–Kier alpha value is -1.71. The van der Waals surface area contributed by atoms with Crippen molar-refractivity contribution >= 4 is 35.8 Å². The number of amides is 1. The highest BCUT2D eigenvalue weighted by atomic mass is 127.